The molecule has 3 rings (SSSR count). The van der Waals surface area contributed by atoms with E-state index in [2.05, 4.69) is 10.1 Å². The van der Waals surface area contributed by atoms with Gasteiger partial charge >= 0.3 is 5.69 Å². The molecule has 0 amide bonds. The zero-order valence-corrected chi connectivity index (χ0v) is 16.8. The van der Waals surface area contributed by atoms with Crippen molar-refractivity contribution in [2.24, 2.45) is 0 Å². The lowest BCUT2D eigenvalue weighted by molar-refractivity contribution is -0.386. The smallest absolute Gasteiger partial charge is 0.312 e. The van der Waals surface area contributed by atoms with Gasteiger partial charge in [-0.05, 0) is 18.6 Å². The number of aromatic nitrogens is 2. The molecule has 158 valence electrons. The molecular weight excluding hydrogens is 404 g/mol. The summed E-state index contributed by atoms with van der Waals surface area (Å²) in [5.74, 6) is 0.659. The summed E-state index contributed by atoms with van der Waals surface area (Å²) in [5.41, 5.74) is -0.454. The van der Waals surface area contributed by atoms with Gasteiger partial charge in [0.15, 0.2) is 18.2 Å². The fourth-order valence-electron chi connectivity index (χ4n) is 2.78. The van der Waals surface area contributed by atoms with Crippen LogP contribution in [0.3, 0.4) is 0 Å². The second-order valence-corrected chi connectivity index (χ2v) is 8.34. The third-order valence-corrected chi connectivity index (χ3v) is 6.24. The number of unbranched alkanes of at least 4 members (excludes halogenated alkanes) is 1. The second-order valence-electron chi connectivity index (χ2n) is 6.40. The Morgan fingerprint density at radius 1 is 1.31 bits per heavy atom. The number of rotatable bonds is 9. The van der Waals surface area contributed by atoms with Gasteiger partial charge in [-0.15, -0.1) is 0 Å². The Hall–Kier alpha value is -2.57. The molecule has 0 bridgehead atoms. The van der Waals surface area contributed by atoms with Gasteiger partial charge in [0.25, 0.3) is 5.89 Å². The highest BCUT2D eigenvalue weighted by Crippen LogP contribution is 2.31. The van der Waals surface area contributed by atoms with E-state index < -0.39 is 20.6 Å². The summed E-state index contributed by atoms with van der Waals surface area (Å²) < 4.78 is 42.3. The van der Waals surface area contributed by atoms with Crippen LogP contribution >= 0.6 is 0 Å². The Bertz CT molecular complexity index is 954. The van der Waals surface area contributed by atoms with Crippen molar-refractivity contribution >= 4 is 15.7 Å². The number of benzene rings is 1. The lowest BCUT2D eigenvalue weighted by Crippen LogP contribution is -2.40. The molecule has 2 aromatic rings. The molecule has 0 aliphatic carbocycles. The Labute approximate surface area is 167 Å². The maximum Gasteiger partial charge on any atom is 0.312 e. The van der Waals surface area contributed by atoms with Crippen LogP contribution in [0.2, 0.25) is 0 Å². The standard InChI is InChI=1S/C17H22N4O7S/c1-2-3-4-16-18-17(28-19-16)12-27-15-6-5-13(11-14(15)21(22)23)29(24,25)20-7-9-26-10-8-20/h5-6,11H,2-4,7-10,12H2,1H3. The van der Waals surface area contributed by atoms with Crippen LogP contribution in [0.5, 0.6) is 5.75 Å². The number of morpholine rings is 1. The molecule has 0 atom stereocenters. The van der Waals surface area contributed by atoms with Crippen molar-refractivity contribution < 1.29 is 27.3 Å². The van der Waals surface area contributed by atoms with Gasteiger partial charge in [0.05, 0.1) is 23.0 Å². The first kappa shape index (κ1) is 21.1. The van der Waals surface area contributed by atoms with E-state index in [-0.39, 0.29) is 49.4 Å². The predicted molar refractivity (Wildman–Crippen MR) is 99.9 cm³/mol. The summed E-state index contributed by atoms with van der Waals surface area (Å²) in [5, 5.41) is 15.3. The average molecular weight is 426 g/mol. The average Bonchev–Trinajstić information content (AvgIpc) is 3.19. The van der Waals surface area contributed by atoms with Gasteiger partial charge < -0.3 is 14.0 Å². The van der Waals surface area contributed by atoms with Crippen molar-refractivity contribution in [1.82, 2.24) is 14.4 Å². The molecule has 0 radical (unpaired) electrons. The molecule has 0 unspecified atom stereocenters. The summed E-state index contributed by atoms with van der Waals surface area (Å²) in [6, 6.07) is 3.55. The number of aryl methyl sites for hydroxylation is 1. The minimum absolute atomic E-state index is 0.0794. The van der Waals surface area contributed by atoms with Gasteiger partial charge in [0.1, 0.15) is 0 Å². The van der Waals surface area contributed by atoms with Gasteiger partial charge in [-0.3, -0.25) is 10.1 Å². The van der Waals surface area contributed by atoms with E-state index in [0.29, 0.717) is 12.2 Å². The molecule has 2 heterocycles. The summed E-state index contributed by atoms with van der Waals surface area (Å²) in [6.45, 7) is 2.86. The van der Waals surface area contributed by atoms with Gasteiger partial charge in [-0.1, -0.05) is 18.5 Å². The summed E-state index contributed by atoms with van der Waals surface area (Å²) in [6.07, 6.45) is 2.59. The van der Waals surface area contributed by atoms with E-state index in [1.165, 1.54) is 16.4 Å². The van der Waals surface area contributed by atoms with E-state index in [4.69, 9.17) is 14.0 Å². The first-order valence-corrected chi connectivity index (χ1v) is 10.7. The molecule has 0 saturated carbocycles. The lowest BCUT2D eigenvalue weighted by Gasteiger charge is -2.26. The van der Waals surface area contributed by atoms with Crippen LogP contribution in [0.25, 0.3) is 0 Å². The topological polar surface area (TPSA) is 138 Å². The minimum atomic E-state index is -3.86. The maximum absolute atomic E-state index is 12.7. The highest BCUT2D eigenvalue weighted by molar-refractivity contribution is 7.89. The predicted octanol–water partition coefficient (Wildman–Crippen LogP) is 1.92. The second kappa shape index (κ2) is 9.29. The Morgan fingerprint density at radius 3 is 2.76 bits per heavy atom. The van der Waals surface area contributed by atoms with Gasteiger partial charge in [-0.2, -0.15) is 9.29 Å². The number of ether oxygens (including phenoxy) is 2. The summed E-state index contributed by atoms with van der Waals surface area (Å²) >= 11 is 0. The van der Waals surface area contributed by atoms with Crippen LogP contribution in [0.1, 0.15) is 31.5 Å². The van der Waals surface area contributed by atoms with E-state index in [0.717, 1.165) is 18.9 Å². The summed E-state index contributed by atoms with van der Waals surface area (Å²) in [7, 11) is -3.86. The van der Waals surface area contributed by atoms with Crippen molar-refractivity contribution in [1.29, 1.82) is 0 Å². The van der Waals surface area contributed by atoms with E-state index in [9.17, 15) is 18.5 Å². The van der Waals surface area contributed by atoms with Gasteiger partial charge in [0.2, 0.25) is 10.0 Å². The van der Waals surface area contributed by atoms with Crippen LogP contribution in [-0.4, -0.2) is 54.1 Å². The number of nitro groups is 1. The molecule has 1 aromatic heterocycles. The molecule has 0 spiro atoms. The van der Waals surface area contributed by atoms with Crippen LogP contribution in [-0.2, 0) is 27.8 Å². The van der Waals surface area contributed by atoms with E-state index >= 15 is 0 Å². The van der Waals surface area contributed by atoms with Crippen molar-refractivity contribution in [3.8, 4) is 5.75 Å². The van der Waals surface area contributed by atoms with Crippen molar-refractivity contribution in [2.75, 3.05) is 26.3 Å². The number of nitro benzene ring substituents is 1. The number of nitrogens with zero attached hydrogens (tertiary/aromatic N) is 4. The van der Waals surface area contributed by atoms with Gasteiger partial charge in [-0.25, -0.2) is 8.42 Å². The van der Waals surface area contributed by atoms with E-state index in [1.807, 2.05) is 6.92 Å². The third kappa shape index (κ3) is 5.08. The lowest BCUT2D eigenvalue weighted by atomic mass is 10.2. The molecule has 0 N–H and O–H groups in total. The van der Waals surface area contributed by atoms with Crippen molar-refractivity contribution in [2.45, 2.75) is 37.7 Å². The van der Waals surface area contributed by atoms with Crippen molar-refractivity contribution in [3.63, 3.8) is 0 Å². The molecule has 1 aromatic carbocycles. The molecule has 1 saturated heterocycles. The molecule has 12 heteroatoms. The van der Waals surface area contributed by atoms with E-state index in [1.54, 1.807) is 0 Å². The van der Waals surface area contributed by atoms with Crippen LogP contribution in [0.4, 0.5) is 5.69 Å². The quantitative estimate of drug-likeness (QED) is 0.435. The normalized spacial score (nSPS) is 15.3. The zero-order valence-electron chi connectivity index (χ0n) is 15.9. The molecular formula is C17H22N4O7S. The Kier molecular flexibility index (Phi) is 6.77. The number of sulfonamides is 1. The van der Waals surface area contributed by atoms with Crippen molar-refractivity contribution in [3.05, 3.63) is 40.0 Å². The van der Waals surface area contributed by atoms with Gasteiger partial charge in [0, 0.05) is 25.6 Å². The fraction of sp³-hybridized carbons (Fsp3) is 0.529. The molecule has 29 heavy (non-hydrogen) atoms. The highest BCUT2D eigenvalue weighted by atomic mass is 32.2. The zero-order chi connectivity index (χ0) is 20.9. The SMILES string of the molecule is CCCCc1noc(COc2ccc(S(=O)(=O)N3CCOCC3)cc2[N+](=O)[O-])n1. The van der Waals surface area contributed by atoms with Crippen LogP contribution in [0, 0.1) is 10.1 Å². The fourth-order valence-corrected chi connectivity index (χ4v) is 4.21. The molecule has 11 nitrogen and oxygen atoms in total. The molecule has 1 fully saturated rings. The third-order valence-electron chi connectivity index (χ3n) is 4.35. The summed E-state index contributed by atoms with van der Waals surface area (Å²) in [4.78, 5) is 14.8. The number of hydrogen-bond donors (Lipinski definition) is 0. The monoisotopic (exact) mass is 426 g/mol. The highest BCUT2D eigenvalue weighted by Gasteiger charge is 2.29. The first-order valence-electron chi connectivity index (χ1n) is 9.22. The molecule has 1 aliphatic heterocycles. The van der Waals surface area contributed by atoms with Crippen LogP contribution in [0.15, 0.2) is 27.6 Å². The van der Waals surface area contributed by atoms with Crippen LogP contribution < -0.4 is 4.74 Å². The largest absolute Gasteiger partial charge is 0.477 e. The maximum atomic E-state index is 12.7. The Morgan fingerprint density at radius 2 is 2.07 bits per heavy atom. The Balaban J connectivity index is 1.76. The minimum Gasteiger partial charge on any atom is -0.477 e. The number of hydrogen-bond acceptors (Lipinski definition) is 9. The molecule has 1 aliphatic rings. The first-order chi connectivity index (χ1) is 13.9.